The third kappa shape index (κ3) is 2.56. The van der Waals surface area contributed by atoms with Crippen molar-refractivity contribution in [1.82, 2.24) is 9.78 Å². The van der Waals surface area contributed by atoms with E-state index >= 15 is 0 Å². The summed E-state index contributed by atoms with van der Waals surface area (Å²) in [5.74, 6) is -3.58. The zero-order valence-corrected chi connectivity index (χ0v) is 11.2. The van der Waals surface area contributed by atoms with Crippen molar-refractivity contribution in [2.75, 3.05) is 11.1 Å². The maximum atomic E-state index is 13.2. The van der Waals surface area contributed by atoms with E-state index in [9.17, 15) is 13.2 Å². The second kappa shape index (κ2) is 5.44. The Hall–Kier alpha value is -2.18. The number of rotatable bonds is 4. The first-order valence-electron chi connectivity index (χ1n) is 6.18. The number of hydrogen-bond donors (Lipinski definition) is 2. The lowest BCUT2D eigenvalue weighted by atomic mass is 10.2. The summed E-state index contributed by atoms with van der Waals surface area (Å²) in [6.07, 6.45) is 0.821. The maximum absolute atomic E-state index is 13.2. The first-order chi connectivity index (χ1) is 9.43. The summed E-state index contributed by atoms with van der Waals surface area (Å²) in [6, 6.07) is 1.74. The van der Waals surface area contributed by atoms with Crippen LogP contribution in [0.5, 0.6) is 0 Å². The van der Waals surface area contributed by atoms with E-state index in [1.165, 1.54) is 0 Å². The minimum atomic E-state index is -1.50. The lowest BCUT2D eigenvalue weighted by Crippen LogP contribution is -2.06. The molecule has 0 saturated heterocycles. The van der Waals surface area contributed by atoms with Crippen molar-refractivity contribution in [3.63, 3.8) is 0 Å². The first kappa shape index (κ1) is 14.2. The number of hydrogen-bond acceptors (Lipinski definition) is 3. The Balaban J connectivity index is 2.39. The van der Waals surface area contributed by atoms with Gasteiger partial charge in [-0.05, 0) is 13.3 Å². The largest absolute Gasteiger partial charge is 0.394 e. The quantitative estimate of drug-likeness (QED) is 0.847. The highest BCUT2D eigenvalue weighted by Crippen LogP contribution is 2.27. The molecule has 0 radical (unpaired) electrons. The van der Waals surface area contributed by atoms with Crippen LogP contribution < -0.4 is 11.1 Å². The lowest BCUT2D eigenvalue weighted by molar-refractivity contribution is 0.448. The molecule has 0 saturated carbocycles. The van der Waals surface area contributed by atoms with Crippen molar-refractivity contribution in [3.8, 4) is 0 Å². The third-order valence-corrected chi connectivity index (χ3v) is 2.86. The molecular weight excluding hydrogens is 269 g/mol. The van der Waals surface area contributed by atoms with Crippen molar-refractivity contribution in [3.05, 3.63) is 35.3 Å². The number of nitrogens with two attached hydrogens (primary N) is 1. The van der Waals surface area contributed by atoms with Gasteiger partial charge in [0.05, 0.1) is 11.4 Å². The van der Waals surface area contributed by atoms with Gasteiger partial charge in [-0.15, -0.1) is 0 Å². The Morgan fingerprint density at radius 2 is 1.85 bits per heavy atom. The Labute approximate surface area is 114 Å². The SMILES string of the molecule is CCCn1nc(C)c(N)c1Nc1cc(F)c(F)c(F)c1. The van der Waals surface area contributed by atoms with Gasteiger partial charge in [-0.25, -0.2) is 17.9 Å². The number of aryl methyl sites for hydroxylation is 2. The van der Waals surface area contributed by atoms with E-state index in [0.717, 1.165) is 18.6 Å². The van der Waals surface area contributed by atoms with Gasteiger partial charge < -0.3 is 11.1 Å². The van der Waals surface area contributed by atoms with Gasteiger partial charge in [0.25, 0.3) is 0 Å². The minimum Gasteiger partial charge on any atom is -0.394 e. The highest BCUT2D eigenvalue weighted by molar-refractivity contribution is 5.71. The van der Waals surface area contributed by atoms with Crippen LogP contribution in [-0.4, -0.2) is 9.78 Å². The highest BCUT2D eigenvalue weighted by atomic mass is 19.2. The molecule has 0 atom stereocenters. The zero-order chi connectivity index (χ0) is 14.9. The van der Waals surface area contributed by atoms with Crippen LogP contribution in [0.15, 0.2) is 12.1 Å². The third-order valence-electron chi connectivity index (χ3n) is 2.86. The Kier molecular flexibility index (Phi) is 3.87. The summed E-state index contributed by atoms with van der Waals surface area (Å²) in [6.45, 7) is 4.30. The smallest absolute Gasteiger partial charge is 0.194 e. The van der Waals surface area contributed by atoms with E-state index in [4.69, 9.17) is 5.73 Å². The summed E-state index contributed by atoms with van der Waals surface area (Å²) in [5, 5.41) is 7.01. The predicted octanol–water partition coefficient (Wildman–Crippen LogP) is 3.34. The summed E-state index contributed by atoms with van der Waals surface area (Å²) in [7, 11) is 0. The fourth-order valence-corrected chi connectivity index (χ4v) is 1.87. The molecule has 0 aliphatic rings. The van der Waals surface area contributed by atoms with Crippen molar-refractivity contribution >= 4 is 17.2 Å². The molecule has 7 heteroatoms. The first-order valence-corrected chi connectivity index (χ1v) is 6.18. The Bertz CT molecular complexity index is 614. The van der Waals surface area contributed by atoms with Gasteiger partial charge in [0.2, 0.25) is 0 Å². The molecule has 2 rings (SSSR count). The molecule has 0 aliphatic carbocycles. The van der Waals surface area contributed by atoms with E-state index in [1.807, 2.05) is 6.92 Å². The van der Waals surface area contributed by atoms with E-state index in [1.54, 1.807) is 11.6 Å². The summed E-state index contributed by atoms with van der Waals surface area (Å²) in [5.41, 5.74) is 6.96. The zero-order valence-electron chi connectivity index (χ0n) is 11.2. The maximum Gasteiger partial charge on any atom is 0.194 e. The van der Waals surface area contributed by atoms with Crippen LogP contribution in [0.1, 0.15) is 19.0 Å². The number of benzene rings is 1. The van der Waals surface area contributed by atoms with Gasteiger partial charge >= 0.3 is 0 Å². The molecule has 4 nitrogen and oxygen atoms in total. The van der Waals surface area contributed by atoms with Gasteiger partial charge in [-0.1, -0.05) is 6.92 Å². The lowest BCUT2D eigenvalue weighted by Gasteiger charge is -2.10. The molecule has 0 aliphatic heterocycles. The van der Waals surface area contributed by atoms with Gasteiger partial charge in [-0.3, -0.25) is 0 Å². The average molecular weight is 284 g/mol. The molecule has 20 heavy (non-hydrogen) atoms. The van der Waals surface area contributed by atoms with Crippen LogP contribution in [0, 0.1) is 24.4 Å². The fraction of sp³-hybridized carbons (Fsp3) is 0.308. The average Bonchev–Trinajstić information content (AvgIpc) is 2.64. The molecule has 2 aromatic rings. The van der Waals surface area contributed by atoms with Crippen LogP contribution in [0.4, 0.5) is 30.4 Å². The van der Waals surface area contributed by atoms with Gasteiger partial charge in [-0.2, -0.15) is 5.10 Å². The molecular formula is C13H15F3N4. The number of halogens is 3. The van der Waals surface area contributed by atoms with Gasteiger partial charge in [0, 0.05) is 24.4 Å². The minimum absolute atomic E-state index is 0.0744. The molecule has 0 fully saturated rings. The number of nitrogen functional groups attached to an aromatic ring is 1. The van der Waals surface area contributed by atoms with E-state index < -0.39 is 17.5 Å². The molecule has 0 bridgehead atoms. The number of nitrogens with zero attached hydrogens (tertiary/aromatic N) is 2. The summed E-state index contributed by atoms with van der Waals surface area (Å²) >= 11 is 0. The molecule has 1 aromatic carbocycles. The van der Waals surface area contributed by atoms with Crippen molar-refractivity contribution in [1.29, 1.82) is 0 Å². The van der Waals surface area contributed by atoms with Crippen molar-refractivity contribution in [2.24, 2.45) is 0 Å². The van der Waals surface area contributed by atoms with E-state index in [-0.39, 0.29) is 5.69 Å². The predicted molar refractivity (Wildman–Crippen MR) is 71.3 cm³/mol. The summed E-state index contributed by atoms with van der Waals surface area (Å²) in [4.78, 5) is 0. The molecule has 3 N–H and O–H groups in total. The van der Waals surface area contributed by atoms with E-state index in [2.05, 4.69) is 10.4 Å². The summed E-state index contributed by atoms with van der Waals surface area (Å²) < 4.78 is 40.9. The standard InChI is InChI=1S/C13H15F3N4/c1-3-4-20-13(12(17)7(2)19-20)18-8-5-9(14)11(16)10(15)6-8/h5-6,18H,3-4,17H2,1-2H3. The molecule has 0 spiro atoms. The van der Waals surface area contributed by atoms with Crippen LogP contribution in [0.2, 0.25) is 0 Å². The van der Waals surface area contributed by atoms with Crippen molar-refractivity contribution < 1.29 is 13.2 Å². The molecule has 108 valence electrons. The topological polar surface area (TPSA) is 55.9 Å². The molecule has 0 amide bonds. The monoisotopic (exact) mass is 284 g/mol. The van der Waals surface area contributed by atoms with Crippen LogP contribution in [-0.2, 0) is 6.54 Å². The second-order valence-electron chi connectivity index (χ2n) is 4.45. The van der Waals surface area contributed by atoms with Crippen LogP contribution >= 0.6 is 0 Å². The number of aromatic nitrogens is 2. The van der Waals surface area contributed by atoms with Gasteiger partial charge in [0.1, 0.15) is 0 Å². The normalized spacial score (nSPS) is 10.8. The van der Waals surface area contributed by atoms with Crippen molar-refractivity contribution in [2.45, 2.75) is 26.8 Å². The second-order valence-corrected chi connectivity index (χ2v) is 4.45. The molecule has 1 aromatic heterocycles. The highest BCUT2D eigenvalue weighted by Gasteiger charge is 2.15. The number of anilines is 3. The van der Waals surface area contributed by atoms with E-state index in [0.29, 0.717) is 23.7 Å². The van der Waals surface area contributed by atoms with Crippen LogP contribution in [0.25, 0.3) is 0 Å². The van der Waals surface area contributed by atoms with Gasteiger partial charge in [0.15, 0.2) is 23.3 Å². The molecule has 0 unspecified atom stereocenters. The Morgan fingerprint density at radius 3 is 2.40 bits per heavy atom. The molecule has 1 heterocycles. The fourth-order valence-electron chi connectivity index (χ4n) is 1.87. The Morgan fingerprint density at radius 1 is 1.25 bits per heavy atom. The van der Waals surface area contributed by atoms with Crippen LogP contribution in [0.3, 0.4) is 0 Å². The number of nitrogens with one attached hydrogen (secondary N) is 1.